The van der Waals surface area contributed by atoms with Gasteiger partial charge in [0.25, 0.3) is 0 Å². The minimum absolute atomic E-state index is 0. The third kappa shape index (κ3) is 7.88. The molecule has 2 N–H and O–H groups in total. The second-order valence-electron chi connectivity index (χ2n) is 7.40. The molecule has 0 aromatic heterocycles. The van der Waals surface area contributed by atoms with E-state index in [1.807, 2.05) is 36.4 Å². The molecule has 0 fully saturated rings. The van der Waals surface area contributed by atoms with Gasteiger partial charge in [0, 0.05) is 26.1 Å². The van der Waals surface area contributed by atoms with E-state index in [1.165, 1.54) is 5.56 Å². The molecular formula is C22H31IN4O. The first-order valence-electron chi connectivity index (χ1n) is 9.20. The fourth-order valence-corrected chi connectivity index (χ4v) is 2.54. The zero-order valence-electron chi connectivity index (χ0n) is 17.1. The number of nitrogens with one attached hydrogen (secondary N) is 2. The molecule has 5 nitrogen and oxygen atoms in total. The molecule has 28 heavy (non-hydrogen) atoms. The molecule has 152 valence electrons. The van der Waals surface area contributed by atoms with E-state index in [1.54, 1.807) is 19.0 Å². The van der Waals surface area contributed by atoms with Gasteiger partial charge in [0.1, 0.15) is 0 Å². The molecule has 2 aromatic rings. The number of aliphatic imine (C=N–C) groups is 1. The Morgan fingerprint density at radius 1 is 0.964 bits per heavy atom. The van der Waals surface area contributed by atoms with Gasteiger partial charge in [0.05, 0.1) is 13.1 Å². The highest BCUT2D eigenvalue weighted by Gasteiger charge is 2.20. The van der Waals surface area contributed by atoms with Gasteiger partial charge in [0.15, 0.2) is 5.96 Å². The Morgan fingerprint density at radius 2 is 1.54 bits per heavy atom. The first-order chi connectivity index (χ1) is 12.9. The molecule has 0 radical (unpaired) electrons. The lowest BCUT2D eigenvalue weighted by Crippen LogP contribution is -2.46. The van der Waals surface area contributed by atoms with Gasteiger partial charge in [-0.05, 0) is 11.1 Å². The van der Waals surface area contributed by atoms with E-state index in [0.29, 0.717) is 19.0 Å². The van der Waals surface area contributed by atoms with E-state index in [4.69, 9.17) is 0 Å². The van der Waals surface area contributed by atoms with E-state index < -0.39 is 0 Å². The van der Waals surface area contributed by atoms with Gasteiger partial charge >= 0.3 is 0 Å². The van der Waals surface area contributed by atoms with Crippen molar-refractivity contribution in [2.75, 3.05) is 27.2 Å². The molecule has 1 amide bonds. The first-order valence-corrected chi connectivity index (χ1v) is 9.20. The highest BCUT2D eigenvalue weighted by atomic mass is 127. The molecule has 0 bridgehead atoms. The molecule has 0 aliphatic carbocycles. The summed E-state index contributed by atoms with van der Waals surface area (Å²) in [5.41, 5.74) is 2.31. The van der Waals surface area contributed by atoms with Crippen molar-refractivity contribution in [1.82, 2.24) is 15.5 Å². The molecule has 0 spiro atoms. The van der Waals surface area contributed by atoms with Crippen molar-refractivity contribution in [3.8, 4) is 0 Å². The summed E-state index contributed by atoms with van der Waals surface area (Å²) in [5, 5.41) is 6.53. The zero-order chi connectivity index (χ0) is 19.7. The fraction of sp³-hybridized carbons (Fsp3) is 0.364. The normalized spacial score (nSPS) is 11.4. The lowest BCUT2D eigenvalue weighted by molar-refractivity contribution is -0.127. The van der Waals surface area contributed by atoms with Crippen molar-refractivity contribution >= 4 is 35.8 Å². The number of rotatable bonds is 7. The lowest BCUT2D eigenvalue weighted by Gasteiger charge is -2.27. The summed E-state index contributed by atoms with van der Waals surface area (Å²) < 4.78 is 0. The van der Waals surface area contributed by atoms with E-state index >= 15 is 0 Å². The Balaban J connectivity index is 0.00000392. The second-order valence-corrected chi connectivity index (χ2v) is 7.40. The maximum atomic E-state index is 11.9. The van der Waals surface area contributed by atoms with Crippen LogP contribution >= 0.6 is 24.0 Å². The predicted octanol–water partition coefficient (Wildman–Crippen LogP) is 3.41. The van der Waals surface area contributed by atoms with Crippen LogP contribution in [-0.2, 0) is 16.8 Å². The largest absolute Gasteiger partial charge is 0.356 e. The number of likely N-dealkylation sites (N-methyl/N-ethyl adjacent to an activating group) is 1. The van der Waals surface area contributed by atoms with Crippen molar-refractivity contribution in [2.45, 2.75) is 25.8 Å². The quantitative estimate of drug-likeness (QED) is 0.353. The summed E-state index contributed by atoms with van der Waals surface area (Å²) in [5.74, 6) is 0.643. The van der Waals surface area contributed by atoms with Gasteiger partial charge in [-0.15, -0.1) is 24.0 Å². The lowest BCUT2D eigenvalue weighted by atomic mass is 9.85. The number of halogens is 1. The Hall–Kier alpha value is -2.09. The smallest absolute Gasteiger partial charge is 0.241 e. The van der Waals surface area contributed by atoms with Crippen molar-refractivity contribution in [3.05, 3.63) is 71.8 Å². The van der Waals surface area contributed by atoms with Crippen molar-refractivity contribution in [3.63, 3.8) is 0 Å². The van der Waals surface area contributed by atoms with Gasteiger partial charge in [-0.3, -0.25) is 4.79 Å². The fourth-order valence-electron chi connectivity index (χ4n) is 2.54. The summed E-state index contributed by atoms with van der Waals surface area (Å²) in [4.78, 5) is 18.1. The average Bonchev–Trinajstić information content (AvgIpc) is 2.68. The Morgan fingerprint density at radius 3 is 2.11 bits per heavy atom. The summed E-state index contributed by atoms with van der Waals surface area (Å²) in [6, 6.07) is 20.5. The molecule has 0 aliphatic heterocycles. The van der Waals surface area contributed by atoms with Crippen LogP contribution in [-0.4, -0.2) is 44.0 Å². The van der Waals surface area contributed by atoms with Crippen LogP contribution in [0.5, 0.6) is 0 Å². The Bertz CT molecular complexity index is 746. The molecule has 0 aliphatic rings. The van der Waals surface area contributed by atoms with Crippen LogP contribution in [0.15, 0.2) is 65.7 Å². The molecule has 0 unspecified atom stereocenters. The monoisotopic (exact) mass is 494 g/mol. The molecule has 0 atom stereocenters. The molecule has 0 heterocycles. The van der Waals surface area contributed by atoms with E-state index in [-0.39, 0.29) is 41.8 Å². The number of benzene rings is 2. The second kappa shape index (κ2) is 11.7. The molecule has 0 saturated carbocycles. The third-order valence-electron chi connectivity index (χ3n) is 4.42. The van der Waals surface area contributed by atoms with Crippen LogP contribution in [0.4, 0.5) is 0 Å². The number of guanidine groups is 1. The number of hydrogen-bond acceptors (Lipinski definition) is 2. The zero-order valence-corrected chi connectivity index (χ0v) is 19.4. The maximum absolute atomic E-state index is 11.9. The van der Waals surface area contributed by atoms with Crippen molar-refractivity contribution < 1.29 is 4.79 Å². The van der Waals surface area contributed by atoms with Crippen LogP contribution in [0.25, 0.3) is 0 Å². The SMILES string of the molecule is CN(C)C(=O)CNC(=NCc1ccccc1)NCC(C)(C)c1ccccc1.I. The molecule has 2 aromatic carbocycles. The van der Waals surface area contributed by atoms with Crippen LogP contribution in [0.3, 0.4) is 0 Å². The minimum atomic E-state index is -0.0674. The Labute approximate surface area is 185 Å². The number of nitrogens with zero attached hydrogens (tertiary/aromatic N) is 2. The van der Waals surface area contributed by atoms with Crippen LogP contribution < -0.4 is 10.6 Å². The summed E-state index contributed by atoms with van der Waals surface area (Å²) in [6.45, 7) is 5.84. The van der Waals surface area contributed by atoms with Gasteiger partial charge in [0.2, 0.25) is 5.91 Å². The summed E-state index contributed by atoms with van der Waals surface area (Å²) in [7, 11) is 3.49. The Kier molecular flexibility index (Phi) is 9.99. The van der Waals surface area contributed by atoms with Gasteiger partial charge < -0.3 is 15.5 Å². The molecular weight excluding hydrogens is 463 g/mol. The predicted molar refractivity (Wildman–Crippen MR) is 127 cm³/mol. The molecule has 6 heteroatoms. The average molecular weight is 494 g/mol. The minimum Gasteiger partial charge on any atom is -0.356 e. The maximum Gasteiger partial charge on any atom is 0.241 e. The highest BCUT2D eigenvalue weighted by molar-refractivity contribution is 14.0. The number of hydrogen-bond donors (Lipinski definition) is 2. The molecule has 2 rings (SSSR count). The van der Waals surface area contributed by atoms with Crippen LogP contribution in [0.1, 0.15) is 25.0 Å². The number of carbonyl (C=O) groups excluding carboxylic acids is 1. The van der Waals surface area contributed by atoms with Gasteiger partial charge in [-0.25, -0.2) is 4.99 Å². The van der Waals surface area contributed by atoms with Crippen LogP contribution in [0.2, 0.25) is 0 Å². The number of carbonyl (C=O) groups is 1. The van der Waals surface area contributed by atoms with E-state index in [2.05, 4.69) is 53.7 Å². The highest BCUT2D eigenvalue weighted by Crippen LogP contribution is 2.21. The van der Waals surface area contributed by atoms with E-state index in [9.17, 15) is 4.79 Å². The van der Waals surface area contributed by atoms with Crippen molar-refractivity contribution in [2.24, 2.45) is 4.99 Å². The molecule has 0 saturated heterocycles. The summed E-state index contributed by atoms with van der Waals surface area (Å²) in [6.07, 6.45) is 0. The van der Waals surface area contributed by atoms with Gasteiger partial charge in [-0.1, -0.05) is 74.5 Å². The first kappa shape index (κ1) is 23.9. The summed E-state index contributed by atoms with van der Waals surface area (Å²) >= 11 is 0. The van der Waals surface area contributed by atoms with Crippen molar-refractivity contribution in [1.29, 1.82) is 0 Å². The number of amides is 1. The topological polar surface area (TPSA) is 56.7 Å². The van der Waals surface area contributed by atoms with Gasteiger partial charge in [-0.2, -0.15) is 0 Å². The van der Waals surface area contributed by atoms with E-state index in [0.717, 1.165) is 5.56 Å². The third-order valence-corrected chi connectivity index (χ3v) is 4.42. The standard InChI is InChI=1S/C22H30N4O.HI/c1-22(2,19-13-9-6-10-14-19)17-25-21(24-16-20(27)26(3)4)23-15-18-11-7-5-8-12-18;/h5-14H,15-17H2,1-4H3,(H2,23,24,25);1H. The van der Waals surface area contributed by atoms with Crippen LogP contribution in [0, 0.1) is 0 Å².